The number of aryl methyl sites for hydroxylation is 2. The highest BCUT2D eigenvalue weighted by Gasteiger charge is 2.18. The van der Waals surface area contributed by atoms with Crippen LogP contribution in [0.4, 0.5) is 0 Å². The summed E-state index contributed by atoms with van der Waals surface area (Å²) in [6, 6.07) is 13.3. The molecular weight excluding hydrogens is 510 g/mol. The molecule has 1 atom stereocenters. The maximum Gasteiger partial charge on any atom is 0.277 e. The van der Waals surface area contributed by atoms with Crippen molar-refractivity contribution in [3.05, 3.63) is 81.0 Å². The quantitative estimate of drug-likeness (QED) is 0.281. The predicted octanol–water partition coefficient (Wildman–Crippen LogP) is 4.52. The average Bonchev–Trinajstić information content (AvgIpc) is 3.29. The van der Waals surface area contributed by atoms with Crippen LogP contribution in [0.1, 0.15) is 72.5 Å². The van der Waals surface area contributed by atoms with Gasteiger partial charge in [-0.2, -0.15) is 0 Å². The molecule has 2 N–H and O–H groups in total. The fraction of sp³-hybridized carbons (Fsp3) is 0.400. The summed E-state index contributed by atoms with van der Waals surface area (Å²) in [4.78, 5) is 38.4. The van der Waals surface area contributed by atoms with Crippen LogP contribution in [0.15, 0.2) is 47.3 Å². The SMILES string of the molecule is CCCc1nc(C)c2c(=O)[nH]c(-c3cc(Cc4ccc(C(=O)NOC5CCCCO5)cc4)ccc3OCC)nn12. The van der Waals surface area contributed by atoms with Crippen LogP contribution in [-0.2, 0) is 22.4 Å². The third-order valence-electron chi connectivity index (χ3n) is 6.86. The van der Waals surface area contributed by atoms with Crippen LogP contribution in [0.5, 0.6) is 5.75 Å². The van der Waals surface area contributed by atoms with Gasteiger partial charge in [-0.25, -0.2) is 19.8 Å². The van der Waals surface area contributed by atoms with Crippen LogP contribution in [0.3, 0.4) is 0 Å². The van der Waals surface area contributed by atoms with E-state index in [1.807, 2.05) is 44.2 Å². The Labute approximate surface area is 232 Å². The van der Waals surface area contributed by atoms with Gasteiger partial charge >= 0.3 is 0 Å². The molecule has 1 saturated heterocycles. The first-order chi connectivity index (χ1) is 19.5. The molecular formula is C30H35N5O5. The van der Waals surface area contributed by atoms with Gasteiger partial charge in [-0.1, -0.05) is 25.1 Å². The third-order valence-corrected chi connectivity index (χ3v) is 6.86. The molecule has 0 bridgehead atoms. The van der Waals surface area contributed by atoms with Gasteiger partial charge in [-0.05, 0) is 74.9 Å². The van der Waals surface area contributed by atoms with E-state index >= 15 is 0 Å². The molecule has 10 heteroatoms. The summed E-state index contributed by atoms with van der Waals surface area (Å²) in [5, 5.41) is 4.77. The van der Waals surface area contributed by atoms with E-state index in [1.165, 1.54) is 0 Å². The standard InChI is InChI=1S/C30H35N5O5/c1-4-8-25-31-19(3)27-30(37)32-28(33-35(25)27)23-18-21(12-15-24(23)38-5-2)17-20-10-13-22(14-11-20)29(36)34-40-26-9-6-7-16-39-26/h10-15,18,26H,4-9,16-17H2,1-3H3,(H,34,36)(H,32,33,37). The number of hydrogen-bond donors (Lipinski definition) is 2. The van der Waals surface area contributed by atoms with E-state index in [0.717, 1.165) is 49.1 Å². The number of ether oxygens (including phenoxy) is 2. The van der Waals surface area contributed by atoms with Crippen LogP contribution in [0.25, 0.3) is 16.9 Å². The number of carbonyl (C=O) groups is 1. The van der Waals surface area contributed by atoms with Crippen LogP contribution < -0.4 is 15.8 Å². The fourth-order valence-electron chi connectivity index (χ4n) is 4.89. The molecule has 0 radical (unpaired) electrons. The second-order valence-electron chi connectivity index (χ2n) is 9.91. The maximum absolute atomic E-state index is 13.0. The minimum absolute atomic E-state index is 0.238. The number of carbonyl (C=O) groups excluding carboxylic acids is 1. The van der Waals surface area contributed by atoms with Gasteiger partial charge in [0.15, 0.2) is 17.6 Å². The number of nitrogens with zero attached hydrogens (tertiary/aromatic N) is 3. The van der Waals surface area contributed by atoms with Gasteiger partial charge in [-0.15, -0.1) is 5.10 Å². The number of fused-ring (bicyclic) bond motifs is 1. The molecule has 1 aliphatic rings. The van der Waals surface area contributed by atoms with E-state index in [9.17, 15) is 9.59 Å². The van der Waals surface area contributed by atoms with Gasteiger partial charge in [0.2, 0.25) is 0 Å². The van der Waals surface area contributed by atoms with E-state index in [0.29, 0.717) is 53.5 Å². The number of hydroxylamine groups is 1. The number of amides is 1. The lowest BCUT2D eigenvalue weighted by atomic mass is 10.0. The largest absolute Gasteiger partial charge is 0.493 e. The Hall–Kier alpha value is -4.02. The lowest BCUT2D eigenvalue weighted by molar-refractivity contribution is -0.186. The molecule has 10 nitrogen and oxygen atoms in total. The van der Waals surface area contributed by atoms with Crippen molar-refractivity contribution >= 4 is 11.4 Å². The van der Waals surface area contributed by atoms with Gasteiger partial charge in [-0.3, -0.25) is 9.59 Å². The van der Waals surface area contributed by atoms with Gasteiger partial charge in [0.1, 0.15) is 11.6 Å². The van der Waals surface area contributed by atoms with Crippen molar-refractivity contribution in [2.45, 2.75) is 65.6 Å². The number of imidazole rings is 1. The van der Waals surface area contributed by atoms with E-state index in [-0.39, 0.29) is 11.5 Å². The van der Waals surface area contributed by atoms with Crippen LogP contribution in [-0.4, -0.2) is 45.0 Å². The summed E-state index contributed by atoms with van der Waals surface area (Å²) in [6.45, 7) is 6.93. The summed E-state index contributed by atoms with van der Waals surface area (Å²) in [5.41, 5.74) is 6.60. The normalized spacial score (nSPS) is 15.3. The maximum atomic E-state index is 13.0. The Morgan fingerprint density at radius 2 is 1.95 bits per heavy atom. The summed E-state index contributed by atoms with van der Waals surface area (Å²) < 4.78 is 13.0. The molecule has 1 aliphatic heterocycles. The van der Waals surface area contributed by atoms with E-state index in [4.69, 9.17) is 19.4 Å². The highest BCUT2D eigenvalue weighted by Crippen LogP contribution is 2.30. The predicted molar refractivity (Wildman–Crippen MR) is 150 cm³/mol. The molecule has 1 amide bonds. The highest BCUT2D eigenvalue weighted by molar-refractivity contribution is 5.93. The Morgan fingerprint density at radius 1 is 1.15 bits per heavy atom. The van der Waals surface area contributed by atoms with E-state index in [2.05, 4.69) is 22.4 Å². The molecule has 40 heavy (non-hydrogen) atoms. The highest BCUT2D eigenvalue weighted by atomic mass is 16.8. The molecule has 1 unspecified atom stereocenters. The summed E-state index contributed by atoms with van der Waals surface area (Å²) in [6.07, 6.45) is 4.63. The topological polar surface area (TPSA) is 120 Å². The first-order valence-electron chi connectivity index (χ1n) is 13.9. The fourth-order valence-corrected chi connectivity index (χ4v) is 4.89. The monoisotopic (exact) mass is 545 g/mol. The van der Waals surface area contributed by atoms with Crippen molar-refractivity contribution in [1.82, 2.24) is 25.1 Å². The van der Waals surface area contributed by atoms with Crippen molar-refractivity contribution in [2.24, 2.45) is 0 Å². The number of aromatic nitrogens is 4. The number of rotatable bonds is 10. The lowest BCUT2D eigenvalue weighted by Crippen LogP contribution is -2.33. The Balaban J connectivity index is 1.37. The zero-order valence-corrected chi connectivity index (χ0v) is 23.2. The molecule has 0 spiro atoms. The van der Waals surface area contributed by atoms with Crippen LogP contribution >= 0.6 is 0 Å². The van der Waals surface area contributed by atoms with Gasteiger partial charge < -0.3 is 14.5 Å². The van der Waals surface area contributed by atoms with Gasteiger partial charge in [0.25, 0.3) is 11.5 Å². The molecule has 2 aromatic heterocycles. The first kappa shape index (κ1) is 27.5. The lowest BCUT2D eigenvalue weighted by Gasteiger charge is -2.22. The zero-order valence-electron chi connectivity index (χ0n) is 23.2. The number of aromatic amines is 1. The number of nitrogens with one attached hydrogen (secondary N) is 2. The number of H-pyrrole nitrogens is 1. The van der Waals surface area contributed by atoms with Crippen LogP contribution in [0, 0.1) is 6.92 Å². The smallest absolute Gasteiger partial charge is 0.277 e. The van der Waals surface area contributed by atoms with Crippen molar-refractivity contribution in [1.29, 1.82) is 0 Å². The Morgan fingerprint density at radius 3 is 2.67 bits per heavy atom. The van der Waals surface area contributed by atoms with Crippen molar-refractivity contribution in [3.63, 3.8) is 0 Å². The van der Waals surface area contributed by atoms with Gasteiger partial charge in [0, 0.05) is 25.0 Å². The molecule has 4 aromatic rings. The molecule has 5 rings (SSSR count). The summed E-state index contributed by atoms with van der Waals surface area (Å²) in [7, 11) is 0. The zero-order chi connectivity index (χ0) is 28.1. The van der Waals surface area contributed by atoms with Crippen LogP contribution in [0.2, 0.25) is 0 Å². The molecule has 2 aromatic carbocycles. The average molecular weight is 546 g/mol. The molecule has 0 saturated carbocycles. The molecule has 1 fully saturated rings. The van der Waals surface area contributed by atoms with Crippen molar-refractivity contribution < 1.29 is 19.1 Å². The summed E-state index contributed by atoms with van der Waals surface area (Å²) in [5.74, 6) is 1.51. The van der Waals surface area contributed by atoms with Crippen molar-refractivity contribution in [3.8, 4) is 17.1 Å². The minimum Gasteiger partial charge on any atom is -0.493 e. The van der Waals surface area contributed by atoms with E-state index in [1.54, 1.807) is 16.6 Å². The third kappa shape index (κ3) is 6.08. The van der Waals surface area contributed by atoms with Gasteiger partial charge in [0.05, 0.1) is 17.9 Å². The molecule has 3 heterocycles. The summed E-state index contributed by atoms with van der Waals surface area (Å²) >= 11 is 0. The molecule has 210 valence electrons. The Bertz CT molecular complexity index is 1540. The second kappa shape index (κ2) is 12.4. The number of hydrogen-bond acceptors (Lipinski definition) is 7. The minimum atomic E-state index is -0.396. The molecule has 0 aliphatic carbocycles. The first-order valence-corrected chi connectivity index (χ1v) is 13.9. The van der Waals surface area contributed by atoms with E-state index < -0.39 is 6.29 Å². The Kier molecular flexibility index (Phi) is 8.57. The number of benzene rings is 2. The second-order valence-corrected chi connectivity index (χ2v) is 9.91. The van der Waals surface area contributed by atoms with Crippen molar-refractivity contribution in [2.75, 3.05) is 13.2 Å².